The fourth-order valence-electron chi connectivity index (χ4n) is 3.55. The summed E-state index contributed by atoms with van der Waals surface area (Å²) >= 11 is 5.98. The molecule has 122 valence electrons. The number of hydrogen-bond acceptors (Lipinski definition) is 1. The lowest BCUT2D eigenvalue weighted by atomic mass is 9.91. The lowest BCUT2D eigenvalue weighted by Crippen LogP contribution is -2.38. The van der Waals surface area contributed by atoms with Crippen molar-refractivity contribution in [3.05, 3.63) is 69.9 Å². The van der Waals surface area contributed by atoms with Gasteiger partial charge in [0.1, 0.15) is 0 Å². The van der Waals surface area contributed by atoms with Crippen LogP contribution < -0.4 is 5.32 Å². The first kappa shape index (κ1) is 15.3. The normalized spacial score (nSPS) is 16.8. The zero-order valence-electron chi connectivity index (χ0n) is 13.5. The zero-order chi connectivity index (χ0) is 16.7. The van der Waals surface area contributed by atoms with Gasteiger partial charge in [-0.15, -0.1) is 0 Å². The average molecular weight is 339 g/mol. The maximum Gasteiger partial charge on any atom is 0.251 e. The molecule has 0 fully saturated rings. The summed E-state index contributed by atoms with van der Waals surface area (Å²) in [7, 11) is 0. The lowest BCUT2D eigenvalue weighted by molar-refractivity contribution is 0.0933. The van der Waals surface area contributed by atoms with Crippen LogP contribution in [-0.4, -0.2) is 16.9 Å². The number of benzene rings is 2. The van der Waals surface area contributed by atoms with Crippen LogP contribution >= 0.6 is 11.6 Å². The highest BCUT2D eigenvalue weighted by atomic mass is 35.5. The molecule has 24 heavy (non-hydrogen) atoms. The van der Waals surface area contributed by atoms with Gasteiger partial charge in [0, 0.05) is 33.2 Å². The van der Waals surface area contributed by atoms with E-state index in [2.05, 4.69) is 35.4 Å². The van der Waals surface area contributed by atoms with E-state index < -0.39 is 0 Å². The Hall–Kier alpha value is -2.26. The number of hydrogen-bond donors (Lipinski definition) is 2. The van der Waals surface area contributed by atoms with E-state index in [1.165, 1.54) is 27.7 Å². The molecule has 1 atom stereocenters. The third-order valence-corrected chi connectivity index (χ3v) is 5.00. The van der Waals surface area contributed by atoms with Gasteiger partial charge in [0.05, 0.1) is 0 Å². The van der Waals surface area contributed by atoms with Crippen molar-refractivity contribution in [3.63, 3.8) is 0 Å². The van der Waals surface area contributed by atoms with E-state index in [-0.39, 0.29) is 11.9 Å². The van der Waals surface area contributed by atoms with Crippen molar-refractivity contribution in [1.82, 2.24) is 10.3 Å². The van der Waals surface area contributed by atoms with E-state index in [1.54, 1.807) is 24.3 Å². The van der Waals surface area contributed by atoms with E-state index in [1.807, 2.05) is 0 Å². The molecule has 0 saturated heterocycles. The molecule has 0 radical (unpaired) electrons. The number of carbonyl (C=O) groups excluding carboxylic acids is 1. The SMILES string of the molecule is Cc1ccc2[nH]c3c(c2c1)CC(NC(=O)c1cccc(Cl)c1)CC3. The van der Waals surface area contributed by atoms with Gasteiger partial charge < -0.3 is 10.3 Å². The Kier molecular flexibility index (Phi) is 3.81. The molecule has 2 N–H and O–H groups in total. The first-order valence-corrected chi connectivity index (χ1v) is 8.64. The average Bonchev–Trinajstić information content (AvgIpc) is 2.92. The number of aromatic nitrogens is 1. The fourth-order valence-corrected chi connectivity index (χ4v) is 3.74. The maximum atomic E-state index is 12.5. The Bertz CT molecular complexity index is 929. The van der Waals surface area contributed by atoms with Crippen LogP contribution in [0, 0.1) is 6.92 Å². The molecule has 0 bridgehead atoms. The molecule has 3 aromatic rings. The van der Waals surface area contributed by atoms with Crippen molar-refractivity contribution in [2.24, 2.45) is 0 Å². The number of amides is 1. The fraction of sp³-hybridized carbons (Fsp3) is 0.250. The third-order valence-electron chi connectivity index (χ3n) is 4.77. The lowest BCUT2D eigenvalue weighted by Gasteiger charge is -2.23. The van der Waals surface area contributed by atoms with Gasteiger partial charge in [-0.3, -0.25) is 4.79 Å². The Morgan fingerprint density at radius 1 is 1.25 bits per heavy atom. The Labute approximate surface area is 146 Å². The van der Waals surface area contributed by atoms with Crippen LogP contribution in [0.5, 0.6) is 0 Å². The van der Waals surface area contributed by atoms with E-state index in [0.29, 0.717) is 10.6 Å². The van der Waals surface area contributed by atoms with Gasteiger partial charge in [-0.2, -0.15) is 0 Å². The first-order valence-electron chi connectivity index (χ1n) is 8.26. The molecule has 1 heterocycles. The van der Waals surface area contributed by atoms with Gasteiger partial charge in [0.2, 0.25) is 0 Å². The third kappa shape index (κ3) is 2.80. The number of nitrogens with one attached hydrogen (secondary N) is 2. The topological polar surface area (TPSA) is 44.9 Å². The highest BCUT2D eigenvalue weighted by Crippen LogP contribution is 2.30. The molecule has 1 aliphatic carbocycles. The van der Waals surface area contributed by atoms with Crippen LogP contribution in [0.4, 0.5) is 0 Å². The Morgan fingerprint density at radius 2 is 2.12 bits per heavy atom. The predicted octanol–water partition coefficient (Wildman–Crippen LogP) is 4.42. The summed E-state index contributed by atoms with van der Waals surface area (Å²) in [5.74, 6) is -0.0537. The standard InChI is InChI=1S/C20H19ClN2O/c1-12-5-7-18-16(9-12)17-11-15(6-8-19(17)23-18)22-20(24)13-3-2-4-14(21)10-13/h2-5,7,9-10,15,23H,6,8,11H2,1H3,(H,22,24). The number of rotatable bonds is 2. The van der Waals surface area contributed by atoms with Crippen molar-refractivity contribution < 1.29 is 4.79 Å². The molecule has 4 rings (SSSR count). The molecule has 1 amide bonds. The number of aromatic amines is 1. The minimum absolute atomic E-state index is 0.0537. The summed E-state index contributed by atoms with van der Waals surface area (Å²) in [5.41, 5.74) is 5.71. The number of H-pyrrole nitrogens is 1. The van der Waals surface area contributed by atoms with E-state index in [0.717, 1.165) is 19.3 Å². The van der Waals surface area contributed by atoms with Crippen molar-refractivity contribution >= 4 is 28.4 Å². The highest BCUT2D eigenvalue weighted by Gasteiger charge is 2.24. The second-order valence-electron chi connectivity index (χ2n) is 6.55. The van der Waals surface area contributed by atoms with E-state index in [4.69, 9.17) is 11.6 Å². The predicted molar refractivity (Wildman–Crippen MR) is 97.8 cm³/mol. The van der Waals surface area contributed by atoms with Gasteiger partial charge in [0.25, 0.3) is 5.91 Å². The largest absolute Gasteiger partial charge is 0.358 e. The number of carbonyl (C=O) groups is 1. The second kappa shape index (κ2) is 5.99. The van der Waals surface area contributed by atoms with Gasteiger partial charge in [0.15, 0.2) is 0 Å². The number of halogens is 1. The summed E-state index contributed by atoms with van der Waals surface area (Å²) in [5, 5.41) is 5.03. The maximum absolute atomic E-state index is 12.5. The van der Waals surface area contributed by atoms with Gasteiger partial charge in [-0.1, -0.05) is 29.3 Å². The van der Waals surface area contributed by atoms with Crippen LogP contribution in [0.15, 0.2) is 42.5 Å². The van der Waals surface area contributed by atoms with Crippen molar-refractivity contribution in [1.29, 1.82) is 0 Å². The quantitative estimate of drug-likeness (QED) is 0.714. The number of fused-ring (bicyclic) bond motifs is 3. The van der Waals surface area contributed by atoms with Crippen molar-refractivity contribution in [2.75, 3.05) is 0 Å². The molecule has 4 heteroatoms. The van der Waals surface area contributed by atoms with Crippen LogP contribution in [0.25, 0.3) is 10.9 Å². The van der Waals surface area contributed by atoms with Gasteiger partial charge >= 0.3 is 0 Å². The molecule has 0 saturated carbocycles. The van der Waals surface area contributed by atoms with Crippen molar-refractivity contribution in [3.8, 4) is 0 Å². The smallest absolute Gasteiger partial charge is 0.251 e. The van der Waals surface area contributed by atoms with Crippen LogP contribution in [0.3, 0.4) is 0 Å². The molecular weight excluding hydrogens is 320 g/mol. The second-order valence-corrected chi connectivity index (χ2v) is 6.99. The summed E-state index contributed by atoms with van der Waals surface area (Å²) in [6, 6.07) is 13.7. The summed E-state index contributed by atoms with van der Waals surface area (Å²) in [4.78, 5) is 16.0. The highest BCUT2D eigenvalue weighted by molar-refractivity contribution is 6.30. The van der Waals surface area contributed by atoms with E-state index in [9.17, 15) is 4.79 Å². The van der Waals surface area contributed by atoms with Gasteiger partial charge in [-0.05, 0) is 62.1 Å². The minimum atomic E-state index is -0.0537. The summed E-state index contributed by atoms with van der Waals surface area (Å²) in [6.45, 7) is 2.11. The van der Waals surface area contributed by atoms with Crippen molar-refractivity contribution in [2.45, 2.75) is 32.2 Å². The Balaban J connectivity index is 1.57. The molecular formula is C20H19ClN2O. The molecule has 1 unspecified atom stereocenters. The molecule has 0 aliphatic heterocycles. The summed E-state index contributed by atoms with van der Waals surface area (Å²) in [6.07, 6.45) is 2.78. The first-order chi connectivity index (χ1) is 11.6. The van der Waals surface area contributed by atoms with Gasteiger partial charge in [-0.25, -0.2) is 0 Å². The van der Waals surface area contributed by atoms with Crippen LogP contribution in [0.1, 0.15) is 33.6 Å². The molecule has 1 aromatic heterocycles. The van der Waals surface area contributed by atoms with Crippen LogP contribution in [0.2, 0.25) is 5.02 Å². The molecule has 0 spiro atoms. The minimum Gasteiger partial charge on any atom is -0.358 e. The molecule has 2 aromatic carbocycles. The van der Waals surface area contributed by atoms with Crippen LogP contribution in [-0.2, 0) is 12.8 Å². The molecule has 1 aliphatic rings. The number of aryl methyl sites for hydroxylation is 2. The zero-order valence-corrected chi connectivity index (χ0v) is 14.3. The monoisotopic (exact) mass is 338 g/mol. The summed E-state index contributed by atoms with van der Waals surface area (Å²) < 4.78 is 0. The molecule has 3 nitrogen and oxygen atoms in total. The van der Waals surface area contributed by atoms with E-state index >= 15 is 0 Å². The Morgan fingerprint density at radius 3 is 2.96 bits per heavy atom.